The van der Waals surface area contributed by atoms with Crippen LogP contribution < -0.4 is 4.74 Å². The molecular weight excluding hydrogens is 276 g/mol. The molecule has 0 aliphatic heterocycles. The van der Waals surface area contributed by atoms with Gasteiger partial charge in [0.05, 0.1) is 25.4 Å². The van der Waals surface area contributed by atoms with E-state index in [-0.39, 0.29) is 0 Å². The third-order valence-corrected chi connectivity index (χ3v) is 3.44. The number of benzene rings is 1. The third kappa shape index (κ3) is 2.27. The standard InChI is InChI=1S/C15H15ClN2O2/c1-19-13-6-2-5-12-15(13)17-14(7-8-16)18(12)10-11-4-3-9-20-11/h2-6,9H,7-8,10H2,1H3. The Balaban J connectivity index is 2.13. The van der Waals surface area contributed by atoms with Crippen LogP contribution in [0.3, 0.4) is 0 Å². The molecule has 0 saturated carbocycles. The molecule has 2 heterocycles. The van der Waals surface area contributed by atoms with Crippen molar-refractivity contribution in [2.75, 3.05) is 13.0 Å². The Hall–Kier alpha value is -1.94. The van der Waals surface area contributed by atoms with Gasteiger partial charge in [-0.3, -0.25) is 0 Å². The summed E-state index contributed by atoms with van der Waals surface area (Å²) in [6.45, 7) is 0.642. The molecule has 3 aromatic rings. The minimum Gasteiger partial charge on any atom is -0.494 e. The number of rotatable bonds is 5. The van der Waals surface area contributed by atoms with E-state index >= 15 is 0 Å². The fraction of sp³-hybridized carbons (Fsp3) is 0.267. The van der Waals surface area contributed by atoms with Crippen molar-refractivity contribution >= 4 is 22.6 Å². The average molecular weight is 291 g/mol. The second-order valence-electron chi connectivity index (χ2n) is 4.46. The molecule has 0 unspecified atom stereocenters. The van der Waals surface area contributed by atoms with Gasteiger partial charge in [0, 0.05) is 12.3 Å². The number of alkyl halides is 1. The van der Waals surface area contributed by atoms with Crippen molar-refractivity contribution < 1.29 is 9.15 Å². The number of fused-ring (bicyclic) bond motifs is 1. The Morgan fingerprint density at radius 1 is 1.30 bits per heavy atom. The number of methoxy groups -OCH3 is 1. The second kappa shape index (κ2) is 5.59. The van der Waals surface area contributed by atoms with Gasteiger partial charge in [0.25, 0.3) is 0 Å². The van der Waals surface area contributed by atoms with Crippen LogP contribution in [0.2, 0.25) is 0 Å². The van der Waals surface area contributed by atoms with E-state index < -0.39 is 0 Å². The van der Waals surface area contributed by atoms with Crippen LogP contribution >= 0.6 is 11.6 Å². The predicted molar refractivity (Wildman–Crippen MR) is 78.5 cm³/mol. The highest BCUT2D eigenvalue weighted by Gasteiger charge is 2.14. The zero-order valence-corrected chi connectivity index (χ0v) is 11.9. The molecule has 4 nitrogen and oxygen atoms in total. The van der Waals surface area contributed by atoms with E-state index in [4.69, 9.17) is 20.8 Å². The molecule has 0 aliphatic carbocycles. The van der Waals surface area contributed by atoms with Crippen molar-refractivity contribution in [2.24, 2.45) is 0 Å². The van der Waals surface area contributed by atoms with Gasteiger partial charge >= 0.3 is 0 Å². The summed E-state index contributed by atoms with van der Waals surface area (Å²) in [5, 5.41) is 0. The third-order valence-electron chi connectivity index (χ3n) is 3.25. The number of para-hydroxylation sites is 1. The Bertz CT molecular complexity index is 704. The lowest BCUT2D eigenvalue weighted by Crippen LogP contribution is -2.05. The first-order valence-corrected chi connectivity index (χ1v) is 6.97. The van der Waals surface area contributed by atoms with Gasteiger partial charge in [-0.15, -0.1) is 11.6 Å². The Kier molecular flexibility index (Phi) is 3.65. The number of nitrogens with zero attached hydrogens (tertiary/aromatic N) is 2. The smallest absolute Gasteiger partial charge is 0.146 e. The fourth-order valence-corrected chi connectivity index (χ4v) is 2.51. The molecule has 5 heteroatoms. The molecule has 0 atom stereocenters. The van der Waals surface area contributed by atoms with Crippen LogP contribution in [-0.4, -0.2) is 22.5 Å². The molecular formula is C15H15ClN2O2. The molecule has 104 valence electrons. The van der Waals surface area contributed by atoms with Gasteiger partial charge in [0.1, 0.15) is 22.9 Å². The maximum absolute atomic E-state index is 5.88. The van der Waals surface area contributed by atoms with Crippen molar-refractivity contribution in [1.29, 1.82) is 0 Å². The van der Waals surface area contributed by atoms with Crippen molar-refractivity contribution in [3.05, 3.63) is 48.2 Å². The van der Waals surface area contributed by atoms with Crippen molar-refractivity contribution in [3.8, 4) is 5.75 Å². The maximum atomic E-state index is 5.88. The van der Waals surface area contributed by atoms with Crippen LogP contribution in [0.4, 0.5) is 0 Å². The highest BCUT2D eigenvalue weighted by atomic mass is 35.5. The molecule has 0 N–H and O–H groups in total. The summed E-state index contributed by atoms with van der Waals surface area (Å²) in [5.41, 5.74) is 1.89. The molecule has 3 rings (SSSR count). The number of halogens is 1. The van der Waals surface area contributed by atoms with Gasteiger partial charge in [-0.1, -0.05) is 6.07 Å². The van der Waals surface area contributed by atoms with Gasteiger partial charge in [-0.05, 0) is 24.3 Å². The number of aromatic nitrogens is 2. The fourth-order valence-electron chi connectivity index (χ4n) is 2.34. The summed E-state index contributed by atoms with van der Waals surface area (Å²) in [7, 11) is 1.65. The minimum atomic E-state index is 0.532. The Morgan fingerprint density at radius 2 is 2.20 bits per heavy atom. The first-order valence-electron chi connectivity index (χ1n) is 6.44. The summed E-state index contributed by atoms with van der Waals surface area (Å²) >= 11 is 5.88. The van der Waals surface area contributed by atoms with Crippen LogP contribution in [0.25, 0.3) is 11.0 Å². The molecule has 2 aromatic heterocycles. The lowest BCUT2D eigenvalue weighted by molar-refractivity contribution is 0.419. The van der Waals surface area contributed by atoms with Gasteiger partial charge in [-0.2, -0.15) is 0 Å². The van der Waals surface area contributed by atoms with Crippen molar-refractivity contribution in [2.45, 2.75) is 13.0 Å². The van der Waals surface area contributed by atoms with Crippen LogP contribution in [0, 0.1) is 0 Å². The number of furan rings is 1. The van der Waals surface area contributed by atoms with Crippen molar-refractivity contribution in [1.82, 2.24) is 9.55 Å². The number of ether oxygens (including phenoxy) is 1. The van der Waals surface area contributed by atoms with Crippen LogP contribution in [0.1, 0.15) is 11.6 Å². The minimum absolute atomic E-state index is 0.532. The van der Waals surface area contributed by atoms with E-state index in [9.17, 15) is 0 Å². The number of aryl methyl sites for hydroxylation is 1. The normalized spacial score (nSPS) is 11.1. The molecule has 0 spiro atoms. The summed E-state index contributed by atoms with van der Waals surface area (Å²) in [6, 6.07) is 9.75. The van der Waals surface area contributed by atoms with Gasteiger partial charge in [0.2, 0.25) is 0 Å². The molecule has 20 heavy (non-hydrogen) atoms. The first-order chi connectivity index (χ1) is 9.83. The summed E-state index contributed by atoms with van der Waals surface area (Å²) in [5.74, 6) is 3.14. The van der Waals surface area contributed by atoms with E-state index in [1.807, 2.05) is 30.3 Å². The lowest BCUT2D eigenvalue weighted by atomic mass is 10.3. The van der Waals surface area contributed by atoms with Gasteiger partial charge < -0.3 is 13.7 Å². The Labute approximate surface area is 121 Å². The van der Waals surface area contributed by atoms with E-state index in [2.05, 4.69) is 9.55 Å². The number of hydrogen-bond donors (Lipinski definition) is 0. The molecule has 0 amide bonds. The van der Waals surface area contributed by atoms with Gasteiger partial charge in [-0.25, -0.2) is 4.98 Å². The quantitative estimate of drug-likeness (QED) is 0.676. The zero-order chi connectivity index (χ0) is 13.9. The number of hydrogen-bond acceptors (Lipinski definition) is 3. The Morgan fingerprint density at radius 3 is 2.90 bits per heavy atom. The zero-order valence-electron chi connectivity index (χ0n) is 11.2. The predicted octanol–water partition coefficient (Wildman–Crippen LogP) is 3.47. The second-order valence-corrected chi connectivity index (χ2v) is 4.84. The van der Waals surface area contributed by atoms with E-state index in [0.29, 0.717) is 18.8 Å². The van der Waals surface area contributed by atoms with Crippen LogP contribution in [0.15, 0.2) is 41.0 Å². The molecule has 0 bridgehead atoms. The van der Waals surface area contributed by atoms with Crippen LogP contribution in [0.5, 0.6) is 5.75 Å². The topological polar surface area (TPSA) is 40.2 Å². The van der Waals surface area contributed by atoms with E-state index in [1.165, 1.54) is 0 Å². The summed E-state index contributed by atoms with van der Waals surface area (Å²) in [4.78, 5) is 4.67. The largest absolute Gasteiger partial charge is 0.494 e. The molecule has 0 fully saturated rings. The highest BCUT2D eigenvalue weighted by Crippen LogP contribution is 2.27. The summed E-state index contributed by atoms with van der Waals surface area (Å²) in [6.07, 6.45) is 2.39. The molecule has 0 saturated heterocycles. The maximum Gasteiger partial charge on any atom is 0.146 e. The monoisotopic (exact) mass is 290 g/mol. The van der Waals surface area contributed by atoms with E-state index in [0.717, 1.165) is 28.4 Å². The average Bonchev–Trinajstić information content (AvgIpc) is 3.08. The number of imidazole rings is 1. The molecule has 1 aromatic carbocycles. The first kappa shape index (κ1) is 13.1. The lowest BCUT2D eigenvalue weighted by Gasteiger charge is -2.06. The van der Waals surface area contributed by atoms with Crippen LogP contribution in [-0.2, 0) is 13.0 Å². The SMILES string of the molecule is COc1cccc2c1nc(CCCl)n2Cc1ccco1. The molecule has 0 aliphatic rings. The summed E-state index contributed by atoms with van der Waals surface area (Å²) < 4.78 is 12.9. The highest BCUT2D eigenvalue weighted by molar-refractivity contribution is 6.17. The van der Waals surface area contributed by atoms with E-state index in [1.54, 1.807) is 13.4 Å². The molecule has 0 radical (unpaired) electrons. The van der Waals surface area contributed by atoms with Crippen molar-refractivity contribution in [3.63, 3.8) is 0 Å². The van der Waals surface area contributed by atoms with Gasteiger partial charge in [0.15, 0.2) is 0 Å².